The van der Waals surface area contributed by atoms with Gasteiger partial charge in [0, 0.05) is 41.2 Å². The fraction of sp³-hybridized carbons (Fsp3) is 0.286. The lowest BCUT2D eigenvalue weighted by molar-refractivity contribution is -0.118. The Balaban J connectivity index is 1.34. The lowest BCUT2D eigenvalue weighted by Crippen LogP contribution is -2.26. The summed E-state index contributed by atoms with van der Waals surface area (Å²) >= 11 is 3.18. The zero-order valence-electron chi connectivity index (χ0n) is 15.8. The van der Waals surface area contributed by atoms with Crippen molar-refractivity contribution in [3.8, 4) is 17.0 Å². The molecular weight excluding hydrogens is 390 g/mol. The summed E-state index contributed by atoms with van der Waals surface area (Å²) in [4.78, 5) is 21.8. The van der Waals surface area contributed by atoms with Gasteiger partial charge in [0.25, 0.3) is 0 Å². The maximum Gasteiger partial charge on any atom is 0.230 e. The number of hydrogen-bond acceptors (Lipinski definition) is 6. The Labute approximate surface area is 173 Å². The van der Waals surface area contributed by atoms with Crippen LogP contribution in [0.25, 0.3) is 11.3 Å². The van der Waals surface area contributed by atoms with Crippen molar-refractivity contribution in [3.05, 3.63) is 59.2 Å². The molecule has 3 rings (SSSR count). The molecule has 5 nitrogen and oxygen atoms in total. The molecule has 28 heavy (non-hydrogen) atoms. The van der Waals surface area contributed by atoms with Crippen LogP contribution in [0.4, 0.5) is 0 Å². The second-order valence-electron chi connectivity index (χ2n) is 6.01. The fourth-order valence-corrected chi connectivity index (χ4v) is 4.13. The Morgan fingerprint density at radius 1 is 1.18 bits per heavy atom. The second-order valence-corrected chi connectivity index (χ2v) is 8.00. The van der Waals surface area contributed by atoms with Crippen LogP contribution in [-0.4, -0.2) is 34.8 Å². The van der Waals surface area contributed by atoms with Crippen molar-refractivity contribution in [2.45, 2.75) is 24.7 Å². The molecule has 146 valence electrons. The molecule has 0 aliphatic heterocycles. The topological polar surface area (TPSA) is 64.1 Å². The average molecular weight is 414 g/mol. The summed E-state index contributed by atoms with van der Waals surface area (Å²) in [7, 11) is 0. The van der Waals surface area contributed by atoms with Gasteiger partial charge in [0.05, 0.1) is 23.1 Å². The van der Waals surface area contributed by atoms with E-state index in [4.69, 9.17) is 4.74 Å². The van der Waals surface area contributed by atoms with Gasteiger partial charge in [0.15, 0.2) is 0 Å². The van der Waals surface area contributed by atoms with Crippen molar-refractivity contribution < 1.29 is 9.53 Å². The van der Waals surface area contributed by atoms with Gasteiger partial charge in [0.1, 0.15) is 5.75 Å². The highest BCUT2D eigenvalue weighted by Crippen LogP contribution is 2.22. The number of amides is 1. The summed E-state index contributed by atoms with van der Waals surface area (Å²) in [5.41, 5.74) is 2.07. The monoisotopic (exact) mass is 413 g/mol. The number of carbonyl (C=O) groups is 1. The minimum Gasteiger partial charge on any atom is -0.494 e. The molecule has 0 fully saturated rings. The maximum absolute atomic E-state index is 12.0. The highest BCUT2D eigenvalue weighted by atomic mass is 32.2. The van der Waals surface area contributed by atoms with E-state index < -0.39 is 0 Å². The average Bonchev–Trinajstić information content (AvgIpc) is 3.21. The molecule has 2 heterocycles. The van der Waals surface area contributed by atoms with Crippen LogP contribution >= 0.6 is 23.1 Å². The molecule has 1 amide bonds. The number of thioether (sulfide) groups is 1. The van der Waals surface area contributed by atoms with Gasteiger partial charge >= 0.3 is 0 Å². The fourth-order valence-electron chi connectivity index (χ4n) is 2.55. The number of ether oxygens (including phenoxy) is 1. The predicted molar refractivity (Wildman–Crippen MR) is 115 cm³/mol. The van der Waals surface area contributed by atoms with E-state index in [0.717, 1.165) is 39.8 Å². The molecule has 0 spiro atoms. The minimum absolute atomic E-state index is 0.0514. The number of nitrogens with one attached hydrogen (secondary N) is 1. The van der Waals surface area contributed by atoms with Crippen molar-refractivity contribution in [1.82, 2.24) is 15.3 Å². The van der Waals surface area contributed by atoms with Crippen LogP contribution in [0.2, 0.25) is 0 Å². The molecule has 0 bridgehead atoms. The third-order valence-corrected chi connectivity index (χ3v) is 5.84. The van der Waals surface area contributed by atoms with Crippen molar-refractivity contribution in [1.29, 1.82) is 0 Å². The van der Waals surface area contributed by atoms with E-state index in [1.807, 2.05) is 43.3 Å². The number of aryl methyl sites for hydroxylation is 1. The van der Waals surface area contributed by atoms with E-state index >= 15 is 0 Å². The summed E-state index contributed by atoms with van der Waals surface area (Å²) in [6, 6.07) is 11.7. The van der Waals surface area contributed by atoms with Gasteiger partial charge in [-0.25, -0.2) is 4.98 Å². The Morgan fingerprint density at radius 3 is 2.71 bits per heavy atom. The van der Waals surface area contributed by atoms with Gasteiger partial charge in [0.2, 0.25) is 5.91 Å². The van der Waals surface area contributed by atoms with Crippen LogP contribution in [0, 0.1) is 0 Å². The van der Waals surface area contributed by atoms with E-state index in [-0.39, 0.29) is 5.91 Å². The number of hydrogen-bond donors (Lipinski definition) is 1. The minimum atomic E-state index is 0.0514. The van der Waals surface area contributed by atoms with E-state index in [1.165, 1.54) is 11.8 Å². The molecule has 0 atom stereocenters. The first kappa shape index (κ1) is 20.4. The predicted octanol–water partition coefficient (Wildman–Crippen LogP) is 4.44. The van der Waals surface area contributed by atoms with Gasteiger partial charge in [-0.2, -0.15) is 0 Å². The Kier molecular flexibility index (Phi) is 7.87. The molecule has 0 saturated heterocycles. The van der Waals surface area contributed by atoms with Crippen molar-refractivity contribution in [2.75, 3.05) is 18.9 Å². The highest BCUT2D eigenvalue weighted by molar-refractivity contribution is 8.00. The normalized spacial score (nSPS) is 10.6. The maximum atomic E-state index is 12.0. The third kappa shape index (κ3) is 6.35. The summed E-state index contributed by atoms with van der Waals surface area (Å²) in [5.74, 6) is 1.32. The van der Waals surface area contributed by atoms with Crippen LogP contribution in [-0.2, 0) is 11.2 Å². The van der Waals surface area contributed by atoms with E-state index in [2.05, 4.69) is 20.7 Å². The van der Waals surface area contributed by atoms with Crippen LogP contribution in [0.3, 0.4) is 0 Å². The highest BCUT2D eigenvalue weighted by Gasteiger charge is 2.06. The van der Waals surface area contributed by atoms with E-state index in [9.17, 15) is 4.79 Å². The smallest absolute Gasteiger partial charge is 0.230 e. The first-order valence-corrected chi connectivity index (χ1v) is 11.1. The van der Waals surface area contributed by atoms with Crippen molar-refractivity contribution in [3.63, 3.8) is 0 Å². The molecule has 1 N–H and O–H groups in total. The molecule has 0 unspecified atom stereocenters. The van der Waals surface area contributed by atoms with Gasteiger partial charge in [-0.1, -0.05) is 0 Å². The molecule has 7 heteroatoms. The SMILES string of the molecule is CCOc1ccc(SCC(=O)NCCCc2nc(-c3ccncc3)cs2)cc1. The van der Waals surface area contributed by atoms with Gasteiger partial charge in [-0.15, -0.1) is 23.1 Å². The number of aromatic nitrogens is 2. The molecule has 3 aromatic rings. The zero-order chi connectivity index (χ0) is 19.6. The van der Waals surface area contributed by atoms with Crippen molar-refractivity contribution >= 4 is 29.0 Å². The van der Waals surface area contributed by atoms with Gasteiger partial charge in [-0.3, -0.25) is 9.78 Å². The summed E-state index contributed by atoms with van der Waals surface area (Å²) in [5, 5.41) is 6.13. The Hall–Kier alpha value is -2.38. The number of thiazole rings is 1. The standard InChI is InChI=1S/C21H23N3O2S2/c1-2-26-17-5-7-18(8-6-17)27-15-20(25)23-11-3-4-21-24-19(14-28-21)16-9-12-22-13-10-16/h5-10,12-14H,2-4,11,15H2,1H3,(H,23,25). The molecule has 0 radical (unpaired) electrons. The summed E-state index contributed by atoms with van der Waals surface area (Å²) in [6.07, 6.45) is 5.29. The lowest BCUT2D eigenvalue weighted by atomic mass is 10.2. The van der Waals surface area contributed by atoms with E-state index in [1.54, 1.807) is 23.7 Å². The molecule has 0 aliphatic rings. The van der Waals surface area contributed by atoms with Crippen LogP contribution in [0.1, 0.15) is 18.4 Å². The van der Waals surface area contributed by atoms with Crippen LogP contribution < -0.4 is 10.1 Å². The summed E-state index contributed by atoms with van der Waals surface area (Å²) in [6.45, 7) is 3.27. The molecular formula is C21H23N3O2S2. The number of benzene rings is 1. The number of rotatable bonds is 10. The molecule has 0 aliphatic carbocycles. The molecule has 0 saturated carbocycles. The van der Waals surface area contributed by atoms with Gasteiger partial charge in [-0.05, 0) is 49.7 Å². The van der Waals surface area contributed by atoms with Gasteiger partial charge < -0.3 is 10.1 Å². The lowest BCUT2D eigenvalue weighted by Gasteiger charge is -2.06. The van der Waals surface area contributed by atoms with Crippen LogP contribution in [0.15, 0.2) is 59.1 Å². The number of nitrogens with zero attached hydrogens (tertiary/aromatic N) is 2. The largest absolute Gasteiger partial charge is 0.494 e. The third-order valence-electron chi connectivity index (χ3n) is 3.92. The second kappa shape index (κ2) is 10.8. The Morgan fingerprint density at radius 2 is 1.96 bits per heavy atom. The number of pyridine rings is 1. The van der Waals surface area contributed by atoms with Crippen molar-refractivity contribution in [2.24, 2.45) is 0 Å². The molecule has 1 aromatic carbocycles. The summed E-state index contributed by atoms with van der Waals surface area (Å²) < 4.78 is 5.42. The molecule has 2 aromatic heterocycles. The quantitative estimate of drug-likeness (QED) is 0.393. The van der Waals surface area contributed by atoms with Crippen LogP contribution in [0.5, 0.6) is 5.75 Å². The number of carbonyl (C=O) groups excluding carboxylic acids is 1. The first-order chi connectivity index (χ1) is 13.7. The first-order valence-electron chi connectivity index (χ1n) is 9.21. The Bertz CT molecular complexity index is 867. The van der Waals surface area contributed by atoms with E-state index in [0.29, 0.717) is 18.9 Å². The zero-order valence-corrected chi connectivity index (χ0v) is 17.4.